The Hall–Kier alpha value is -3.07. The van der Waals surface area contributed by atoms with Crippen molar-refractivity contribution in [2.45, 2.75) is 38.3 Å². The second-order valence-electron chi connectivity index (χ2n) is 6.87. The number of carbonyl (C=O) groups is 2. The fraction of sp³-hybridized carbons (Fsp3) is 0.350. The maximum atomic E-state index is 13.7. The first-order valence-corrected chi connectivity index (χ1v) is 9.07. The fourth-order valence-electron chi connectivity index (χ4n) is 2.49. The lowest BCUT2D eigenvalue weighted by molar-refractivity contribution is -0.138. The average molecular weight is 406 g/mol. The van der Waals surface area contributed by atoms with Crippen LogP contribution in [0, 0.1) is 11.6 Å². The Balaban J connectivity index is 2.16. The summed E-state index contributed by atoms with van der Waals surface area (Å²) in [5.41, 5.74) is 4.79. The number of benzene rings is 1. The minimum absolute atomic E-state index is 0.132. The number of hydrogen-bond donors (Lipinski definition) is 4. The van der Waals surface area contributed by atoms with Crippen LogP contribution in [0.2, 0.25) is 0 Å². The van der Waals surface area contributed by atoms with E-state index in [0.29, 0.717) is 11.4 Å². The Morgan fingerprint density at radius 2 is 1.93 bits per heavy atom. The van der Waals surface area contributed by atoms with E-state index in [0.717, 1.165) is 12.1 Å². The number of anilines is 1. The molecule has 0 saturated heterocycles. The third-order valence-electron chi connectivity index (χ3n) is 4.62. The smallest absolute Gasteiger partial charge is 0.251 e. The highest BCUT2D eigenvalue weighted by Crippen LogP contribution is 2.19. The second kappa shape index (κ2) is 9.42. The monoisotopic (exact) mass is 406 g/mol. The molecule has 2 aromatic rings. The molecule has 2 atom stereocenters. The topological polar surface area (TPSA) is 117 Å². The highest BCUT2D eigenvalue weighted by molar-refractivity contribution is 5.87. The van der Waals surface area contributed by atoms with Gasteiger partial charge in [-0.3, -0.25) is 9.59 Å². The van der Waals surface area contributed by atoms with Crippen molar-refractivity contribution in [1.29, 1.82) is 0 Å². The molecule has 2 amide bonds. The SMILES string of the molecule is CC[C@](C)(O)C(=O)NC[C@H](C(=O)NCc1ccc(N)nc1)c1ccc(F)c(F)c1. The highest BCUT2D eigenvalue weighted by Gasteiger charge is 2.30. The van der Waals surface area contributed by atoms with Gasteiger partial charge in [-0.2, -0.15) is 0 Å². The highest BCUT2D eigenvalue weighted by atomic mass is 19.2. The second-order valence-corrected chi connectivity index (χ2v) is 6.87. The molecule has 0 aliphatic carbocycles. The van der Waals surface area contributed by atoms with Gasteiger partial charge in [-0.05, 0) is 42.7 Å². The van der Waals surface area contributed by atoms with Gasteiger partial charge in [0, 0.05) is 19.3 Å². The first-order valence-electron chi connectivity index (χ1n) is 9.07. The number of halogens is 2. The summed E-state index contributed by atoms with van der Waals surface area (Å²) in [5.74, 6) is -3.98. The standard InChI is InChI=1S/C20H24F2N4O3/c1-3-20(2,29)19(28)26-11-14(13-5-6-15(21)16(22)8-13)18(27)25-10-12-4-7-17(23)24-9-12/h4-9,14,29H,3,10-11H2,1-2H3,(H2,23,24)(H,25,27)(H,26,28)/t14-,20-/m0/s1. The summed E-state index contributed by atoms with van der Waals surface area (Å²) in [5, 5.41) is 15.2. The predicted molar refractivity (Wildman–Crippen MR) is 104 cm³/mol. The molecule has 5 N–H and O–H groups in total. The zero-order chi connectivity index (χ0) is 21.6. The van der Waals surface area contributed by atoms with E-state index in [-0.39, 0.29) is 25.1 Å². The summed E-state index contributed by atoms with van der Waals surface area (Å²) < 4.78 is 27.0. The molecule has 0 spiro atoms. The van der Waals surface area contributed by atoms with Crippen LogP contribution in [0.5, 0.6) is 0 Å². The van der Waals surface area contributed by atoms with Gasteiger partial charge in [0.25, 0.3) is 5.91 Å². The molecule has 0 saturated carbocycles. The number of amides is 2. The minimum atomic E-state index is -1.61. The average Bonchev–Trinajstić information content (AvgIpc) is 2.70. The molecule has 0 unspecified atom stereocenters. The van der Waals surface area contributed by atoms with E-state index >= 15 is 0 Å². The van der Waals surface area contributed by atoms with Gasteiger partial charge in [-0.15, -0.1) is 0 Å². The van der Waals surface area contributed by atoms with Crippen molar-refractivity contribution < 1.29 is 23.5 Å². The number of aromatic nitrogens is 1. The molecule has 156 valence electrons. The van der Waals surface area contributed by atoms with Crippen molar-refractivity contribution in [3.8, 4) is 0 Å². The van der Waals surface area contributed by atoms with Gasteiger partial charge in [0.1, 0.15) is 11.4 Å². The van der Waals surface area contributed by atoms with E-state index in [1.165, 1.54) is 19.2 Å². The van der Waals surface area contributed by atoms with Gasteiger partial charge in [0.15, 0.2) is 11.6 Å². The Labute approximate surface area is 167 Å². The zero-order valence-corrected chi connectivity index (χ0v) is 16.2. The minimum Gasteiger partial charge on any atom is -0.384 e. The van der Waals surface area contributed by atoms with E-state index in [4.69, 9.17) is 5.73 Å². The van der Waals surface area contributed by atoms with Crippen LogP contribution >= 0.6 is 0 Å². The molecule has 2 rings (SSSR count). The Kier molecular flexibility index (Phi) is 7.22. The summed E-state index contributed by atoms with van der Waals surface area (Å²) in [6, 6.07) is 6.38. The molecule has 29 heavy (non-hydrogen) atoms. The van der Waals surface area contributed by atoms with Gasteiger partial charge in [0.05, 0.1) is 5.92 Å². The van der Waals surface area contributed by atoms with E-state index in [9.17, 15) is 23.5 Å². The molecule has 0 radical (unpaired) electrons. The van der Waals surface area contributed by atoms with Crippen molar-refractivity contribution in [3.05, 3.63) is 59.3 Å². The Bertz CT molecular complexity index is 873. The Morgan fingerprint density at radius 3 is 2.52 bits per heavy atom. The molecule has 0 bridgehead atoms. The van der Waals surface area contributed by atoms with E-state index in [2.05, 4.69) is 15.6 Å². The molecule has 0 aliphatic rings. The molecule has 1 heterocycles. The summed E-state index contributed by atoms with van der Waals surface area (Å²) in [7, 11) is 0. The van der Waals surface area contributed by atoms with Crippen LogP contribution in [0.1, 0.15) is 37.3 Å². The van der Waals surface area contributed by atoms with Gasteiger partial charge >= 0.3 is 0 Å². The van der Waals surface area contributed by atoms with Gasteiger partial charge in [-0.25, -0.2) is 13.8 Å². The van der Waals surface area contributed by atoms with Crippen LogP contribution < -0.4 is 16.4 Å². The van der Waals surface area contributed by atoms with E-state index in [1.54, 1.807) is 19.1 Å². The summed E-state index contributed by atoms with van der Waals surface area (Å²) in [4.78, 5) is 28.8. The number of nitrogen functional groups attached to an aromatic ring is 1. The number of nitrogens with one attached hydrogen (secondary N) is 2. The number of rotatable bonds is 8. The van der Waals surface area contributed by atoms with Crippen LogP contribution in [0.25, 0.3) is 0 Å². The fourth-order valence-corrected chi connectivity index (χ4v) is 2.49. The van der Waals surface area contributed by atoms with Crippen molar-refractivity contribution in [1.82, 2.24) is 15.6 Å². The van der Waals surface area contributed by atoms with Crippen molar-refractivity contribution in [2.24, 2.45) is 0 Å². The van der Waals surface area contributed by atoms with E-state index < -0.39 is 35.0 Å². The van der Waals surface area contributed by atoms with Crippen LogP contribution in [-0.2, 0) is 16.1 Å². The van der Waals surface area contributed by atoms with Crippen LogP contribution in [0.15, 0.2) is 36.5 Å². The van der Waals surface area contributed by atoms with Crippen LogP contribution in [-0.4, -0.2) is 34.1 Å². The first-order chi connectivity index (χ1) is 13.6. The maximum Gasteiger partial charge on any atom is 0.251 e. The number of nitrogens with two attached hydrogens (primary N) is 1. The van der Waals surface area contributed by atoms with Gasteiger partial charge in [-0.1, -0.05) is 19.1 Å². The molecule has 9 heteroatoms. The molecular weight excluding hydrogens is 382 g/mol. The number of aliphatic hydroxyl groups is 1. The third-order valence-corrected chi connectivity index (χ3v) is 4.62. The first kappa shape index (κ1) is 22.2. The van der Waals surface area contributed by atoms with Gasteiger partial charge in [0.2, 0.25) is 5.91 Å². The lowest BCUT2D eigenvalue weighted by atomic mass is 9.96. The Morgan fingerprint density at radius 1 is 1.21 bits per heavy atom. The quantitative estimate of drug-likeness (QED) is 0.531. The van der Waals surface area contributed by atoms with Crippen molar-refractivity contribution >= 4 is 17.6 Å². The van der Waals surface area contributed by atoms with Gasteiger partial charge < -0.3 is 21.5 Å². The predicted octanol–water partition coefficient (Wildman–Crippen LogP) is 1.62. The molecule has 7 nitrogen and oxygen atoms in total. The molecule has 0 aliphatic heterocycles. The number of carbonyl (C=O) groups excluding carboxylic acids is 2. The number of pyridine rings is 1. The van der Waals surface area contributed by atoms with E-state index in [1.807, 2.05) is 0 Å². The lowest BCUT2D eigenvalue weighted by Crippen LogP contribution is -2.46. The number of hydrogen-bond acceptors (Lipinski definition) is 5. The normalized spacial score (nSPS) is 14.0. The third kappa shape index (κ3) is 5.95. The molecule has 0 fully saturated rings. The molecule has 1 aromatic carbocycles. The summed E-state index contributed by atoms with van der Waals surface area (Å²) in [6.07, 6.45) is 1.67. The van der Waals surface area contributed by atoms with Crippen molar-refractivity contribution in [2.75, 3.05) is 12.3 Å². The van der Waals surface area contributed by atoms with Crippen molar-refractivity contribution in [3.63, 3.8) is 0 Å². The largest absolute Gasteiger partial charge is 0.384 e. The van der Waals surface area contributed by atoms with Crippen LogP contribution in [0.3, 0.4) is 0 Å². The van der Waals surface area contributed by atoms with Crippen LogP contribution in [0.4, 0.5) is 14.6 Å². The maximum absolute atomic E-state index is 13.7. The molecular formula is C20H24F2N4O3. The summed E-state index contributed by atoms with van der Waals surface area (Å²) >= 11 is 0. The molecule has 1 aromatic heterocycles. The number of nitrogens with zero attached hydrogens (tertiary/aromatic N) is 1. The summed E-state index contributed by atoms with van der Waals surface area (Å²) in [6.45, 7) is 2.92. The zero-order valence-electron chi connectivity index (χ0n) is 16.2. The lowest BCUT2D eigenvalue weighted by Gasteiger charge is -2.23.